The molecule has 0 fully saturated rings. The molecule has 2 aromatic carbocycles. The zero-order chi connectivity index (χ0) is 17.3. The molecule has 0 bridgehead atoms. The summed E-state index contributed by atoms with van der Waals surface area (Å²) in [7, 11) is -3.65. The molecule has 0 aliphatic carbocycles. The lowest BCUT2D eigenvalue weighted by molar-refractivity contribution is -0.116. The van der Waals surface area contributed by atoms with E-state index in [9.17, 15) is 13.2 Å². The van der Waals surface area contributed by atoms with Crippen molar-refractivity contribution in [3.63, 3.8) is 0 Å². The number of benzene rings is 2. The minimum Gasteiger partial charge on any atom is -0.312 e. The fraction of sp³-hybridized carbons (Fsp3) is 0.278. The fourth-order valence-electron chi connectivity index (χ4n) is 2.89. The molecule has 24 heavy (non-hydrogen) atoms. The Balaban J connectivity index is 1.88. The SMILES string of the molecule is CCc1ccc(S(=O)(=O)Nc2ccc3c(c2)N(C(C)=O)CC3)cc1. The van der Waals surface area contributed by atoms with Gasteiger partial charge >= 0.3 is 0 Å². The van der Waals surface area contributed by atoms with Crippen molar-refractivity contribution in [2.45, 2.75) is 31.6 Å². The summed E-state index contributed by atoms with van der Waals surface area (Å²) in [5, 5.41) is 0. The van der Waals surface area contributed by atoms with E-state index in [1.54, 1.807) is 29.2 Å². The van der Waals surface area contributed by atoms with Crippen LogP contribution >= 0.6 is 0 Å². The van der Waals surface area contributed by atoms with Gasteiger partial charge in [0.05, 0.1) is 10.6 Å². The zero-order valence-electron chi connectivity index (χ0n) is 13.7. The number of amides is 1. The third-order valence-electron chi connectivity index (χ3n) is 4.26. The maximum Gasteiger partial charge on any atom is 0.261 e. The number of aryl methyl sites for hydroxylation is 1. The summed E-state index contributed by atoms with van der Waals surface area (Å²) >= 11 is 0. The van der Waals surface area contributed by atoms with Gasteiger partial charge in [-0.25, -0.2) is 8.42 Å². The molecule has 0 atom stereocenters. The van der Waals surface area contributed by atoms with Crippen LogP contribution in [0.2, 0.25) is 0 Å². The molecule has 2 aromatic rings. The lowest BCUT2D eigenvalue weighted by atomic mass is 10.1. The molecule has 1 amide bonds. The van der Waals surface area contributed by atoms with Gasteiger partial charge < -0.3 is 4.90 Å². The Labute approximate surface area is 142 Å². The van der Waals surface area contributed by atoms with E-state index in [2.05, 4.69) is 4.72 Å². The highest BCUT2D eigenvalue weighted by Crippen LogP contribution is 2.31. The molecule has 126 valence electrons. The summed E-state index contributed by atoms with van der Waals surface area (Å²) < 4.78 is 27.6. The molecule has 1 heterocycles. The summed E-state index contributed by atoms with van der Waals surface area (Å²) in [6.07, 6.45) is 1.65. The molecular formula is C18H20N2O3S. The minimum atomic E-state index is -3.65. The van der Waals surface area contributed by atoms with Crippen molar-refractivity contribution in [3.8, 4) is 0 Å². The molecule has 0 saturated heterocycles. The number of nitrogens with zero attached hydrogens (tertiary/aromatic N) is 1. The van der Waals surface area contributed by atoms with E-state index in [4.69, 9.17) is 0 Å². The first-order valence-electron chi connectivity index (χ1n) is 7.93. The normalized spacial score (nSPS) is 13.7. The molecule has 0 saturated carbocycles. The number of hydrogen-bond donors (Lipinski definition) is 1. The Morgan fingerprint density at radius 1 is 1.17 bits per heavy atom. The maximum absolute atomic E-state index is 12.5. The van der Waals surface area contributed by atoms with Gasteiger partial charge in [0.1, 0.15) is 0 Å². The smallest absolute Gasteiger partial charge is 0.261 e. The van der Waals surface area contributed by atoms with E-state index in [0.29, 0.717) is 12.2 Å². The molecule has 3 rings (SSSR count). The van der Waals surface area contributed by atoms with E-state index in [0.717, 1.165) is 29.7 Å². The van der Waals surface area contributed by atoms with Crippen LogP contribution in [0, 0.1) is 0 Å². The average Bonchev–Trinajstić information content (AvgIpc) is 2.98. The molecule has 1 aliphatic rings. The van der Waals surface area contributed by atoms with Crippen LogP contribution in [0.25, 0.3) is 0 Å². The first-order valence-corrected chi connectivity index (χ1v) is 9.42. The second kappa shape index (κ2) is 6.28. The quantitative estimate of drug-likeness (QED) is 0.927. The summed E-state index contributed by atoms with van der Waals surface area (Å²) in [5.41, 5.74) is 3.38. The van der Waals surface area contributed by atoms with E-state index in [1.807, 2.05) is 25.1 Å². The predicted molar refractivity (Wildman–Crippen MR) is 94.8 cm³/mol. The number of hydrogen-bond acceptors (Lipinski definition) is 3. The number of sulfonamides is 1. The van der Waals surface area contributed by atoms with Gasteiger partial charge in [-0.1, -0.05) is 25.1 Å². The van der Waals surface area contributed by atoms with Crippen molar-refractivity contribution in [1.29, 1.82) is 0 Å². The van der Waals surface area contributed by atoms with E-state index in [1.165, 1.54) is 6.92 Å². The third kappa shape index (κ3) is 3.14. The van der Waals surface area contributed by atoms with Gasteiger partial charge in [0.15, 0.2) is 0 Å². The molecule has 1 N–H and O–H groups in total. The van der Waals surface area contributed by atoms with Crippen molar-refractivity contribution >= 4 is 27.3 Å². The average molecular weight is 344 g/mol. The van der Waals surface area contributed by atoms with Crippen LogP contribution in [0.3, 0.4) is 0 Å². The van der Waals surface area contributed by atoms with Gasteiger partial charge in [0.2, 0.25) is 5.91 Å². The lowest BCUT2D eigenvalue weighted by Gasteiger charge is -2.16. The number of fused-ring (bicyclic) bond motifs is 1. The van der Waals surface area contributed by atoms with E-state index in [-0.39, 0.29) is 10.8 Å². The molecule has 1 aliphatic heterocycles. The van der Waals surface area contributed by atoms with Gasteiger partial charge in [-0.2, -0.15) is 0 Å². The minimum absolute atomic E-state index is 0.0380. The van der Waals surface area contributed by atoms with Crippen LogP contribution in [-0.4, -0.2) is 20.9 Å². The molecule has 5 nitrogen and oxygen atoms in total. The van der Waals surface area contributed by atoms with Crippen molar-refractivity contribution in [3.05, 3.63) is 53.6 Å². The van der Waals surface area contributed by atoms with Crippen molar-refractivity contribution < 1.29 is 13.2 Å². The number of carbonyl (C=O) groups excluding carboxylic acids is 1. The number of nitrogens with one attached hydrogen (secondary N) is 1. The van der Waals surface area contributed by atoms with Crippen LogP contribution in [0.4, 0.5) is 11.4 Å². The van der Waals surface area contributed by atoms with Crippen LogP contribution in [-0.2, 0) is 27.7 Å². The highest BCUT2D eigenvalue weighted by Gasteiger charge is 2.23. The Morgan fingerprint density at radius 2 is 1.88 bits per heavy atom. The van der Waals surface area contributed by atoms with Crippen LogP contribution in [0.15, 0.2) is 47.4 Å². The number of carbonyl (C=O) groups is 1. The largest absolute Gasteiger partial charge is 0.312 e. The topological polar surface area (TPSA) is 66.5 Å². The number of rotatable bonds is 4. The van der Waals surface area contributed by atoms with Crippen molar-refractivity contribution in [2.75, 3.05) is 16.2 Å². The van der Waals surface area contributed by atoms with Gasteiger partial charge in [0.25, 0.3) is 10.0 Å². The number of anilines is 2. The second-order valence-corrected chi connectivity index (χ2v) is 7.55. The fourth-order valence-corrected chi connectivity index (χ4v) is 3.94. The summed E-state index contributed by atoms with van der Waals surface area (Å²) in [4.78, 5) is 13.6. The van der Waals surface area contributed by atoms with Crippen LogP contribution in [0.1, 0.15) is 25.0 Å². The van der Waals surface area contributed by atoms with Gasteiger partial charge in [0, 0.05) is 19.2 Å². The maximum atomic E-state index is 12.5. The second-order valence-electron chi connectivity index (χ2n) is 5.87. The Hall–Kier alpha value is -2.34. The summed E-state index contributed by atoms with van der Waals surface area (Å²) in [6.45, 7) is 4.17. The Kier molecular flexibility index (Phi) is 4.32. The van der Waals surface area contributed by atoms with Crippen molar-refractivity contribution in [2.24, 2.45) is 0 Å². The first-order chi connectivity index (χ1) is 11.4. The highest BCUT2D eigenvalue weighted by molar-refractivity contribution is 7.92. The van der Waals surface area contributed by atoms with Gasteiger partial charge in [-0.3, -0.25) is 9.52 Å². The van der Waals surface area contributed by atoms with E-state index >= 15 is 0 Å². The van der Waals surface area contributed by atoms with Crippen LogP contribution in [0.5, 0.6) is 0 Å². The molecule has 0 unspecified atom stereocenters. The highest BCUT2D eigenvalue weighted by atomic mass is 32.2. The summed E-state index contributed by atoms with van der Waals surface area (Å²) in [6, 6.07) is 12.2. The lowest BCUT2D eigenvalue weighted by Crippen LogP contribution is -2.25. The van der Waals surface area contributed by atoms with Gasteiger partial charge in [-0.15, -0.1) is 0 Å². The standard InChI is InChI=1S/C18H20N2O3S/c1-3-14-4-8-17(9-5-14)24(22,23)19-16-7-6-15-10-11-20(13(2)21)18(15)12-16/h4-9,12,19H,3,10-11H2,1-2H3. The third-order valence-corrected chi connectivity index (χ3v) is 5.65. The first kappa shape index (κ1) is 16.5. The predicted octanol–water partition coefficient (Wildman–Crippen LogP) is 2.96. The van der Waals surface area contributed by atoms with Crippen molar-refractivity contribution in [1.82, 2.24) is 0 Å². The Morgan fingerprint density at radius 3 is 2.50 bits per heavy atom. The molecular weight excluding hydrogens is 324 g/mol. The summed E-state index contributed by atoms with van der Waals surface area (Å²) in [5.74, 6) is -0.0380. The zero-order valence-corrected chi connectivity index (χ0v) is 14.6. The monoisotopic (exact) mass is 344 g/mol. The Bertz CT molecular complexity index is 874. The molecule has 6 heteroatoms. The molecule has 0 aromatic heterocycles. The van der Waals surface area contributed by atoms with E-state index < -0.39 is 10.0 Å². The molecule has 0 radical (unpaired) electrons. The molecule has 0 spiro atoms. The van der Waals surface area contributed by atoms with Crippen LogP contribution < -0.4 is 9.62 Å². The van der Waals surface area contributed by atoms with Gasteiger partial charge in [-0.05, 0) is 48.2 Å².